The summed E-state index contributed by atoms with van der Waals surface area (Å²) in [5, 5.41) is 1.57. The van der Waals surface area contributed by atoms with Crippen molar-refractivity contribution in [2.45, 2.75) is 30.4 Å². The molecule has 1 aliphatic carbocycles. The molecule has 7 heteroatoms. The van der Waals surface area contributed by atoms with Crippen LogP contribution in [0.25, 0.3) is 0 Å². The number of hydrogen-bond acceptors (Lipinski definition) is 4. The van der Waals surface area contributed by atoms with E-state index < -0.39 is 9.05 Å². The number of hydrogen-bond donors (Lipinski definition) is 0. The van der Waals surface area contributed by atoms with E-state index in [1.807, 2.05) is 0 Å². The summed E-state index contributed by atoms with van der Waals surface area (Å²) in [6.07, 6.45) is 3.57. The van der Waals surface area contributed by atoms with Gasteiger partial charge in [-0.2, -0.15) is 0 Å². The Balaban J connectivity index is 2.17. The van der Waals surface area contributed by atoms with Gasteiger partial charge in [0.1, 0.15) is 4.21 Å². The molecule has 0 aliphatic heterocycles. The van der Waals surface area contributed by atoms with E-state index in [0.29, 0.717) is 17.0 Å². The van der Waals surface area contributed by atoms with Crippen molar-refractivity contribution in [3.8, 4) is 0 Å². The van der Waals surface area contributed by atoms with Crippen molar-refractivity contribution in [1.29, 1.82) is 0 Å². The predicted octanol–water partition coefficient (Wildman–Crippen LogP) is 2.86. The van der Waals surface area contributed by atoms with Crippen LogP contribution in [0, 0.1) is 12.8 Å². The molecule has 2 rings (SSSR count). The summed E-state index contributed by atoms with van der Waals surface area (Å²) in [5.74, 6) is 0.455. The fourth-order valence-electron chi connectivity index (χ4n) is 2.20. The maximum atomic E-state index is 12.3. The number of halogens is 1. The largest absolute Gasteiger partial charge is 0.341 e. The van der Waals surface area contributed by atoms with E-state index in [2.05, 4.69) is 0 Å². The Labute approximate surface area is 121 Å². The van der Waals surface area contributed by atoms with E-state index in [1.165, 1.54) is 19.3 Å². The van der Waals surface area contributed by atoms with Gasteiger partial charge in [-0.3, -0.25) is 4.79 Å². The van der Waals surface area contributed by atoms with Crippen LogP contribution >= 0.6 is 22.0 Å². The Morgan fingerprint density at radius 1 is 1.53 bits per heavy atom. The first kappa shape index (κ1) is 14.8. The van der Waals surface area contributed by atoms with Crippen LogP contribution in [0.15, 0.2) is 9.59 Å². The minimum atomic E-state index is -3.77. The van der Waals surface area contributed by atoms with Gasteiger partial charge in [0.2, 0.25) is 0 Å². The predicted molar refractivity (Wildman–Crippen MR) is 76.4 cm³/mol. The summed E-state index contributed by atoms with van der Waals surface area (Å²) in [6, 6.07) is 0. The molecular formula is C12H16ClNO3S2. The number of amides is 1. The van der Waals surface area contributed by atoms with Gasteiger partial charge < -0.3 is 4.90 Å². The summed E-state index contributed by atoms with van der Waals surface area (Å²) in [5.41, 5.74) is 0.886. The van der Waals surface area contributed by atoms with E-state index in [4.69, 9.17) is 10.7 Å². The van der Waals surface area contributed by atoms with Crippen molar-refractivity contribution in [3.05, 3.63) is 16.5 Å². The highest BCUT2D eigenvalue weighted by molar-refractivity contribution is 8.15. The molecule has 0 spiro atoms. The van der Waals surface area contributed by atoms with Crippen LogP contribution in [-0.2, 0) is 9.05 Å². The van der Waals surface area contributed by atoms with E-state index in [-0.39, 0.29) is 10.1 Å². The molecule has 19 heavy (non-hydrogen) atoms. The van der Waals surface area contributed by atoms with Gasteiger partial charge in [-0.25, -0.2) is 8.42 Å². The molecule has 1 amide bonds. The second kappa shape index (κ2) is 5.42. The van der Waals surface area contributed by atoms with Gasteiger partial charge in [-0.1, -0.05) is 6.42 Å². The van der Waals surface area contributed by atoms with Gasteiger partial charge in [-0.05, 0) is 31.2 Å². The topological polar surface area (TPSA) is 54.5 Å². The normalized spacial score (nSPS) is 16.2. The molecule has 1 aromatic heterocycles. The van der Waals surface area contributed by atoms with Crippen LogP contribution in [0.3, 0.4) is 0 Å². The summed E-state index contributed by atoms with van der Waals surface area (Å²) in [4.78, 5) is 13.9. The zero-order chi connectivity index (χ0) is 14.2. The third-order valence-electron chi connectivity index (χ3n) is 3.55. The second-order valence-electron chi connectivity index (χ2n) is 4.98. The lowest BCUT2D eigenvalue weighted by Crippen LogP contribution is -2.34. The fourth-order valence-corrected chi connectivity index (χ4v) is 4.75. The van der Waals surface area contributed by atoms with Gasteiger partial charge in [0.15, 0.2) is 0 Å². The maximum absolute atomic E-state index is 12.3. The van der Waals surface area contributed by atoms with Crippen molar-refractivity contribution in [2.24, 2.45) is 5.92 Å². The Morgan fingerprint density at radius 2 is 2.16 bits per heavy atom. The molecule has 0 aromatic carbocycles. The lowest BCUT2D eigenvalue weighted by molar-refractivity contribution is 0.0745. The van der Waals surface area contributed by atoms with Gasteiger partial charge >= 0.3 is 0 Å². The summed E-state index contributed by atoms with van der Waals surface area (Å²) >= 11 is 1.00. The van der Waals surface area contributed by atoms with Crippen LogP contribution < -0.4 is 0 Å². The molecule has 1 heterocycles. The van der Waals surface area contributed by atoms with Crippen LogP contribution in [-0.4, -0.2) is 32.8 Å². The third kappa shape index (κ3) is 3.12. The van der Waals surface area contributed by atoms with E-state index in [1.54, 1.807) is 24.3 Å². The number of rotatable bonds is 4. The minimum Gasteiger partial charge on any atom is -0.341 e. The summed E-state index contributed by atoms with van der Waals surface area (Å²) < 4.78 is 22.8. The Hall–Kier alpha value is -0.590. The number of carbonyl (C=O) groups is 1. The fraction of sp³-hybridized carbons (Fsp3) is 0.583. The SMILES string of the molecule is Cc1c(C(=O)N(C)CC2CCC2)csc1S(=O)(=O)Cl. The molecule has 0 radical (unpaired) electrons. The minimum absolute atomic E-state index is 0.0644. The van der Waals surface area contributed by atoms with Gasteiger partial charge in [0.25, 0.3) is 15.0 Å². The Morgan fingerprint density at radius 3 is 2.58 bits per heavy atom. The van der Waals surface area contributed by atoms with Crippen molar-refractivity contribution >= 4 is 37.0 Å². The summed E-state index contributed by atoms with van der Waals surface area (Å²) in [7, 11) is 3.32. The molecule has 0 N–H and O–H groups in total. The molecule has 0 saturated heterocycles. The van der Waals surface area contributed by atoms with Crippen molar-refractivity contribution in [2.75, 3.05) is 13.6 Å². The van der Waals surface area contributed by atoms with Crippen LogP contribution in [0.1, 0.15) is 35.2 Å². The Kier molecular flexibility index (Phi) is 4.23. The zero-order valence-electron chi connectivity index (χ0n) is 10.8. The second-order valence-corrected chi connectivity index (χ2v) is 8.62. The lowest BCUT2D eigenvalue weighted by Gasteiger charge is -2.30. The first-order valence-corrected chi connectivity index (χ1v) is 9.28. The molecule has 1 saturated carbocycles. The zero-order valence-corrected chi connectivity index (χ0v) is 13.2. The molecule has 1 aromatic rings. The van der Waals surface area contributed by atoms with Crippen molar-refractivity contribution < 1.29 is 13.2 Å². The molecule has 0 unspecified atom stereocenters. The quantitative estimate of drug-likeness (QED) is 0.801. The molecule has 106 valence electrons. The standard InChI is InChI=1S/C12H16ClNO3S2/c1-8-10(7-18-12(8)19(13,16)17)11(15)14(2)6-9-4-3-5-9/h7,9H,3-6H2,1-2H3. The van der Waals surface area contributed by atoms with Crippen LogP contribution in [0.2, 0.25) is 0 Å². The lowest BCUT2D eigenvalue weighted by atomic mass is 9.85. The highest BCUT2D eigenvalue weighted by atomic mass is 35.7. The molecule has 1 aliphatic rings. The van der Waals surface area contributed by atoms with Gasteiger partial charge in [0, 0.05) is 29.7 Å². The van der Waals surface area contributed by atoms with E-state index >= 15 is 0 Å². The van der Waals surface area contributed by atoms with E-state index in [9.17, 15) is 13.2 Å². The summed E-state index contributed by atoms with van der Waals surface area (Å²) in [6.45, 7) is 2.35. The van der Waals surface area contributed by atoms with E-state index in [0.717, 1.165) is 17.9 Å². The molecule has 4 nitrogen and oxygen atoms in total. The van der Waals surface area contributed by atoms with Crippen LogP contribution in [0.5, 0.6) is 0 Å². The average Bonchev–Trinajstić information content (AvgIpc) is 2.63. The number of thiophene rings is 1. The molecule has 0 bridgehead atoms. The molecule has 0 atom stereocenters. The smallest absolute Gasteiger partial charge is 0.271 e. The highest BCUT2D eigenvalue weighted by Crippen LogP contribution is 2.31. The molecular weight excluding hydrogens is 306 g/mol. The Bertz CT molecular complexity index is 590. The number of nitrogens with zero attached hydrogens (tertiary/aromatic N) is 1. The molecule has 1 fully saturated rings. The van der Waals surface area contributed by atoms with Crippen molar-refractivity contribution in [1.82, 2.24) is 4.90 Å². The first-order valence-electron chi connectivity index (χ1n) is 6.09. The first-order chi connectivity index (χ1) is 8.80. The number of carbonyl (C=O) groups excluding carboxylic acids is 1. The van der Waals surface area contributed by atoms with Gasteiger partial charge in [-0.15, -0.1) is 11.3 Å². The average molecular weight is 322 g/mol. The van der Waals surface area contributed by atoms with Gasteiger partial charge in [0.05, 0.1) is 5.56 Å². The van der Waals surface area contributed by atoms with Crippen molar-refractivity contribution in [3.63, 3.8) is 0 Å². The third-order valence-corrected chi connectivity index (χ3v) is 6.86. The highest BCUT2D eigenvalue weighted by Gasteiger charge is 2.26. The monoisotopic (exact) mass is 321 g/mol. The van der Waals surface area contributed by atoms with Crippen LogP contribution in [0.4, 0.5) is 0 Å². The maximum Gasteiger partial charge on any atom is 0.271 e.